The molecule has 1 unspecified atom stereocenters. The maximum atomic E-state index is 12.0. The van der Waals surface area contributed by atoms with Crippen LogP contribution in [-0.4, -0.2) is 37.2 Å². The first-order chi connectivity index (χ1) is 8.71. The monoisotopic (exact) mass is 251 g/mol. The fourth-order valence-corrected chi connectivity index (χ4v) is 1.59. The molecule has 0 aliphatic carbocycles. The van der Waals surface area contributed by atoms with E-state index in [9.17, 15) is 4.79 Å². The Morgan fingerprint density at radius 2 is 2.28 bits per heavy atom. The van der Waals surface area contributed by atoms with Gasteiger partial charge in [-0.05, 0) is 25.5 Å². The van der Waals surface area contributed by atoms with E-state index in [1.165, 1.54) is 0 Å². The summed E-state index contributed by atoms with van der Waals surface area (Å²) in [6, 6.07) is 3.61. The van der Waals surface area contributed by atoms with Crippen molar-refractivity contribution in [2.24, 2.45) is 0 Å². The van der Waals surface area contributed by atoms with Gasteiger partial charge in [0.2, 0.25) is 0 Å². The Kier molecular flexibility index (Phi) is 6.14. The number of hydrogen-bond donors (Lipinski definition) is 2. The number of ether oxygens (including phenoxy) is 1. The summed E-state index contributed by atoms with van der Waals surface area (Å²) >= 11 is 0. The highest BCUT2D eigenvalue weighted by Gasteiger charge is 2.13. The van der Waals surface area contributed by atoms with Gasteiger partial charge >= 0.3 is 0 Å². The summed E-state index contributed by atoms with van der Waals surface area (Å²) in [7, 11) is 1.62. The lowest BCUT2D eigenvalue weighted by atomic mass is 10.2. The molecule has 0 aromatic carbocycles. The third kappa shape index (κ3) is 4.33. The van der Waals surface area contributed by atoms with Gasteiger partial charge in [0.1, 0.15) is 5.69 Å². The minimum absolute atomic E-state index is 0.0205. The number of hydrogen-bond acceptors (Lipinski definition) is 4. The van der Waals surface area contributed by atoms with Crippen LogP contribution in [0.3, 0.4) is 0 Å². The zero-order valence-electron chi connectivity index (χ0n) is 11.2. The van der Waals surface area contributed by atoms with Crippen molar-refractivity contribution in [1.82, 2.24) is 10.3 Å². The fourth-order valence-electron chi connectivity index (χ4n) is 1.59. The van der Waals surface area contributed by atoms with E-state index in [1.807, 2.05) is 19.9 Å². The molecule has 0 spiro atoms. The lowest BCUT2D eigenvalue weighted by molar-refractivity contribution is 0.0889. The molecule has 0 aliphatic rings. The van der Waals surface area contributed by atoms with Gasteiger partial charge in [0.05, 0.1) is 12.6 Å². The quantitative estimate of drug-likeness (QED) is 0.773. The third-order valence-corrected chi connectivity index (χ3v) is 2.57. The van der Waals surface area contributed by atoms with Crippen molar-refractivity contribution in [2.75, 3.05) is 25.6 Å². The summed E-state index contributed by atoms with van der Waals surface area (Å²) in [5.74, 6) is -0.168. The highest BCUT2D eigenvalue weighted by molar-refractivity contribution is 5.93. The third-order valence-electron chi connectivity index (χ3n) is 2.57. The summed E-state index contributed by atoms with van der Waals surface area (Å²) in [6.07, 6.45) is 2.46. The molecule has 0 saturated carbocycles. The van der Waals surface area contributed by atoms with E-state index in [1.54, 1.807) is 19.4 Å². The molecule has 0 saturated heterocycles. The molecule has 0 aliphatic heterocycles. The highest BCUT2D eigenvalue weighted by atomic mass is 16.5. The average Bonchev–Trinajstić information content (AvgIpc) is 2.39. The number of nitrogens with one attached hydrogen (secondary N) is 2. The van der Waals surface area contributed by atoms with Gasteiger partial charge in [-0.1, -0.05) is 6.92 Å². The van der Waals surface area contributed by atoms with Gasteiger partial charge in [-0.3, -0.25) is 9.78 Å². The van der Waals surface area contributed by atoms with Crippen molar-refractivity contribution in [2.45, 2.75) is 26.3 Å². The van der Waals surface area contributed by atoms with Gasteiger partial charge in [0, 0.05) is 25.5 Å². The van der Waals surface area contributed by atoms with Gasteiger partial charge in [-0.25, -0.2) is 0 Å². The van der Waals surface area contributed by atoms with Gasteiger partial charge in [0.15, 0.2) is 0 Å². The molecular formula is C13H21N3O2. The molecule has 0 radical (unpaired) electrons. The number of rotatable bonds is 7. The van der Waals surface area contributed by atoms with Crippen LogP contribution in [0.25, 0.3) is 0 Å². The zero-order valence-corrected chi connectivity index (χ0v) is 11.2. The predicted octanol–water partition coefficient (Wildman–Crippen LogP) is 1.67. The number of carbonyl (C=O) groups excluding carboxylic acids is 1. The Bertz CT molecular complexity index is 382. The lowest BCUT2D eigenvalue weighted by Crippen LogP contribution is -2.37. The second-order valence-corrected chi connectivity index (χ2v) is 3.99. The number of methoxy groups -OCH3 is 1. The van der Waals surface area contributed by atoms with Crippen LogP contribution in [0, 0.1) is 0 Å². The van der Waals surface area contributed by atoms with Crippen molar-refractivity contribution >= 4 is 11.6 Å². The Balaban J connectivity index is 2.68. The molecule has 1 amide bonds. The van der Waals surface area contributed by atoms with Crippen LogP contribution < -0.4 is 10.6 Å². The second-order valence-electron chi connectivity index (χ2n) is 3.99. The van der Waals surface area contributed by atoms with E-state index in [0.717, 1.165) is 18.7 Å². The Hall–Kier alpha value is -1.62. The summed E-state index contributed by atoms with van der Waals surface area (Å²) in [4.78, 5) is 16.1. The first-order valence-electron chi connectivity index (χ1n) is 6.21. The second kappa shape index (κ2) is 7.66. The van der Waals surface area contributed by atoms with Crippen molar-refractivity contribution in [3.8, 4) is 0 Å². The van der Waals surface area contributed by atoms with Crippen LogP contribution in [0.1, 0.15) is 30.8 Å². The summed E-state index contributed by atoms with van der Waals surface area (Å²) in [5.41, 5.74) is 1.32. The summed E-state index contributed by atoms with van der Waals surface area (Å²) < 4.78 is 5.05. The molecular weight excluding hydrogens is 230 g/mol. The molecule has 100 valence electrons. The fraction of sp³-hybridized carbons (Fsp3) is 0.538. The summed E-state index contributed by atoms with van der Waals surface area (Å²) in [6.45, 7) is 5.33. The molecule has 1 aromatic rings. The van der Waals surface area contributed by atoms with E-state index in [-0.39, 0.29) is 11.9 Å². The number of anilines is 1. The maximum absolute atomic E-state index is 12.0. The number of aromatic nitrogens is 1. The molecule has 2 N–H and O–H groups in total. The molecule has 0 fully saturated rings. The van der Waals surface area contributed by atoms with E-state index in [4.69, 9.17) is 4.74 Å². The Morgan fingerprint density at radius 1 is 1.50 bits per heavy atom. The summed E-state index contributed by atoms with van der Waals surface area (Å²) in [5, 5.41) is 6.05. The van der Waals surface area contributed by atoms with Crippen molar-refractivity contribution in [3.63, 3.8) is 0 Å². The number of amides is 1. The van der Waals surface area contributed by atoms with Crippen molar-refractivity contribution in [1.29, 1.82) is 0 Å². The van der Waals surface area contributed by atoms with E-state index < -0.39 is 0 Å². The SMILES string of the molecule is CCNc1ccnc(C(=O)NC(CC)COC)c1. The predicted molar refractivity (Wildman–Crippen MR) is 71.8 cm³/mol. The van der Waals surface area contributed by atoms with E-state index >= 15 is 0 Å². The van der Waals surface area contributed by atoms with E-state index in [0.29, 0.717) is 12.3 Å². The molecule has 0 bridgehead atoms. The highest BCUT2D eigenvalue weighted by Crippen LogP contribution is 2.08. The molecule has 5 heteroatoms. The Morgan fingerprint density at radius 3 is 2.89 bits per heavy atom. The van der Waals surface area contributed by atoms with Crippen molar-refractivity contribution < 1.29 is 9.53 Å². The first-order valence-corrected chi connectivity index (χ1v) is 6.21. The largest absolute Gasteiger partial charge is 0.385 e. The van der Waals surface area contributed by atoms with Gasteiger partial charge < -0.3 is 15.4 Å². The van der Waals surface area contributed by atoms with E-state index in [2.05, 4.69) is 15.6 Å². The molecule has 1 heterocycles. The maximum Gasteiger partial charge on any atom is 0.270 e. The topological polar surface area (TPSA) is 63.2 Å². The lowest BCUT2D eigenvalue weighted by Gasteiger charge is -2.15. The van der Waals surface area contributed by atoms with Crippen LogP contribution in [0.2, 0.25) is 0 Å². The Labute approximate surface area is 108 Å². The van der Waals surface area contributed by atoms with Crippen LogP contribution in [0.5, 0.6) is 0 Å². The molecule has 1 aromatic heterocycles. The smallest absolute Gasteiger partial charge is 0.270 e. The van der Waals surface area contributed by atoms with Gasteiger partial charge in [-0.15, -0.1) is 0 Å². The minimum Gasteiger partial charge on any atom is -0.385 e. The number of carbonyl (C=O) groups is 1. The average molecular weight is 251 g/mol. The van der Waals surface area contributed by atoms with Crippen LogP contribution in [0.15, 0.2) is 18.3 Å². The number of nitrogens with zero attached hydrogens (tertiary/aromatic N) is 1. The minimum atomic E-state index is -0.168. The molecule has 1 atom stereocenters. The van der Waals surface area contributed by atoms with Gasteiger partial charge in [-0.2, -0.15) is 0 Å². The molecule has 5 nitrogen and oxygen atoms in total. The van der Waals surface area contributed by atoms with Crippen LogP contribution in [0.4, 0.5) is 5.69 Å². The van der Waals surface area contributed by atoms with Crippen LogP contribution >= 0.6 is 0 Å². The van der Waals surface area contributed by atoms with Crippen molar-refractivity contribution in [3.05, 3.63) is 24.0 Å². The number of pyridine rings is 1. The first kappa shape index (κ1) is 14.4. The zero-order chi connectivity index (χ0) is 13.4. The van der Waals surface area contributed by atoms with Crippen LogP contribution in [-0.2, 0) is 4.74 Å². The molecule has 1 rings (SSSR count). The normalized spacial score (nSPS) is 11.9. The standard InChI is InChI=1S/C13H21N3O2/c1-4-10(9-18-3)16-13(17)12-8-11(14-5-2)6-7-15-12/h6-8,10H,4-5,9H2,1-3H3,(H,14,15)(H,16,17). The van der Waals surface area contributed by atoms with Gasteiger partial charge in [0.25, 0.3) is 5.91 Å². The molecule has 18 heavy (non-hydrogen) atoms.